The average Bonchev–Trinajstić information content (AvgIpc) is 2.68. The summed E-state index contributed by atoms with van der Waals surface area (Å²) in [5, 5.41) is 0. The van der Waals surface area contributed by atoms with Gasteiger partial charge in [-0.3, -0.25) is 11.3 Å². The maximum absolute atomic E-state index is 12.8. The van der Waals surface area contributed by atoms with E-state index in [9.17, 15) is 13.2 Å². The molecule has 2 rings (SSSR count). The molecule has 112 valence electrons. The largest absolute Gasteiger partial charge is 0.416 e. The lowest BCUT2D eigenvalue weighted by atomic mass is 9.87. The molecule has 1 aromatic rings. The lowest BCUT2D eigenvalue weighted by Gasteiger charge is -2.26. The molecule has 0 aliphatic heterocycles. The molecule has 5 heteroatoms. The van der Waals surface area contributed by atoms with Crippen molar-refractivity contribution in [3.8, 4) is 0 Å². The Hall–Kier alpha value is -1.07. The smallest absolute Gasteiger partial charge is 0.271 e. The van der Waals surface area contributed by atoms with E-state index >= 15 is 0 Å². The number of nitrogens with two attached hydrogens (primary N) is 1. The zero-order valence-corrected chi connectivity index (χ0v) is 11.4. The summed E-state index contributed by atoms with van der Waals surface area (Å²) in [6.45, 7) is 0. The fraction of sp³-hybridized carbons (Fsp3) is 0.600. The number of hydrogen-bond acceptors (Lipinski definition) is 2. The molecule has 1 unspecified atom stereocenters. The second-order valence-electron chi connectivity index (χ2n) is 5.52. The van der Waals surface area contributed by atoms with Gasteiger partial charge in [0.15, 0.2) is 0 Å². The number of hydrogen-bond donors (Lipinski definition) is 2. The first-order valence-electron chi connectivity index (χ1n) is 7.15. The van der Waals surface area contributed by atoms with Gasteiger partial charge in [0, 0.05) is 6.04 Å². The SMILES string of the molecule is NNC(c1cccc(C(F)(F)F)c1)C1CCCCCC1. The Morgan fingerprint density at radius 1 is 1.10 bits per heavy atom. The van der Waals surface area contributed by atoms with Gasteiger partial charge in [0.1, 0.15) is 0 Å². The number of nitrogens with one attached hydrogen (secondary N) is 1. The van der Waals surface area contributed by atoms with Gasteiger partial charge in [-0.1, -0.05) is 37.8 Å². The first-order valence-corrected chi connectivity index (χ1v) is 7.15. The zero-order chi connectivity index (χ0) is 14.6. The number of halogens is 3. The Labute approximate surface area is 117 Å². The third-order valence-electron chi connectivity index (χ3n) is 4.12. The number of benzene rings is 1. The van der Waals surface area contributed by atoms with Crippen LogP contribution in [0.5, 0.6) is 0 Å². The van der Waals surface area contributed by atoms with Crippen molar-refractivity contribution in [3.63, 3.8) is 0 Å². The maximum Gasteiger partial charge on any atom is 0.416 e. The minimum Gasteiger partial charge on any atom is -0.271 e. The molecule has 1 aliphatic rings. The molecule has 2 nitrogen and oxygen atoms in total. The standard InChI is InChI=1S/C15H21F3N2/c16-15(17,18)13-9-5-8-12(10-13)14(20-19)11-6-3-1-2-4-7-11/h5,8-11,14,20H,1-4,6-7,19H2. The minimum absolute atomic E-state index is 0.199. The highest BCUT2D eigenvalue weighted by molar-refractivity contribution is 5.28. The van der Waals surface area contributed by atoms with Crippen molar-refractivity contribution in [3.05, 3.63) is 35.4 Å². The van der Waals surface area contributed by atoms with E-state index < -0.39 is 11.7 Å². The molecule has 0 aromatic heterocycles. The van der Waals surface area contributed by atoms with Crippen molar-refractivity contribution in [1.29, 1.82) is 0 Å². The molecule has 0 radical (unpaired) electrons. The van der Waals surface area contributed by atoms with Gasteiger partial charge in [-0.25, -0.2) is 0 Å². The van der Waals surface area contributed by atoms with Crippen LogP contribution in [0, 0.1) is 5.92 Å². The molecule has 3 N–H and O–H groups in total. The topological polar surface area (TPSA) is 38.0 Å². The Bertz CT molecular complexity index is 423. The summed E-state index contributed by atoms with van der Waals surface area (Å²) in [7, 11) is 0. The second kappa shape index (κ2) is 6.59. The normalized spacial score (nSPS) is 19.6. The quantitative estimate of drug-likeness (QED) is 0.497. The summed E-state index contributed by atoms with van der Waals surface area (Å²) in [5.74, 6) is 5.93. The fourth-order valence-corrected chi connectivity index (χ4v) is 3.06. The highest BCUT2D eigenvalue weighted by Crippen LogP contribution is 2.36. The molecule has 20 heavy (non-hydrogen) atoms. The van der Waals surface area contributed by atoms with Gasteiger partial charge in [-0.15, -0.1) is 0 Å². The fourth-order valence-electron chi connectivity index (χ4n) is 3.06. The van der Waals surface area contributed by atoms with Crippen LogP contribution in [0.25, 0.3) is 0 Å². The maximum atomic E-state index is 12.8. The monoisotopic (exact) mass is 286 g/mol. The number of rotatable bonds is 3. The van der Waals surface area contributed by atoms with Crippen molar-refractivity contribution in [2.45, 2.75) is 50.7 Å². The highest BCUT2D eigenvalue weighted by Gasteiger charge is 2.32. The van der Waals surface area contributed by atoms with E-state index in [0.717, 1.165) is 31.7 Å². The van der Waals surface area contributed by atoms with E-state index in [1.807, 2.05) is 0 Å². The van der Waals surface area contributed by atoms with Crippen LogP contribution in [0.1, 0.15) is 55.7 Å². The number of hydrazine groups is 1. The van der Waals surface area contributed by atoms with Gasteiger partial charge in [0.05, 0.1) is 5.56 Å². The molecule has 1 atom stereocenters. The Morgan fingerprint density at radius 2 is 1.75 bits per heavy atom. The number of alkyl halides is 3. The summed E-state index contributed by atoms with van der Waals surface area (Å²) in [6.07, 6.45) is 2.39. The molecule has 0 spiro atoms. The third-order valence-corrected chi connectivity index (χ3v) is 4.12. The summed E-state index contributed by atoms with van der Waals surface area (Å²) in [6, 6.07) is 5.30. The van der Waals surface area contributed by atoms with Gasteiger partial charge >= 0.3 is 6.18 Å². The van der Waals surface area contributed by atoms with Crippen LogP contribution in [0.3, 0.4) is 0 Å². The van der Waals surface area contributed by atoms with Crippen molar-refractivity contribution < 1.29 is 13.2 Å². The van der Waals surface area contributed by atoms with E-state index in [0.29, 0.717) is 11.5 Å². The summed E-state index contributed by atoms with van der Waals surface area (Å²) < 4.78 is 38.4. The van der Waals surface area contributed by atoms with Gasteiger partial charge in [-0.05, 0) is 36.5 Å². The molecule has 0 amide bonds. The van der Waals surface area contributed by atoms with Crippen LogP contribution in [0.2, 0.25) is 0 Å². The second-order valence-corrected chi connectivity index (χ2v) is 5.52. The predicted octanol–water partition coefficient (Wildman–Crippen LogP) is 4.18. The molecule has 1 aliphatic carbocycles. The lowest BCUT2D eigenvalue weighted by molar-refractivity contribution is -0.137. The van der Waals surface area contributed by atoms with Crippen molar-refractivity contribution >= 4 is 0 Å². The highest BCUT2D eigenvalue weighted by atomic mass is 19.4. The molecule has 1 saturated carbocycles. The van der Waals surface area contributed by atoms with Crippen molar-refractivity contribution in [2.24, 2.45) is 11.8 Å². The summed E-state index contributed by atoms with van der Waals surface area (Å²) in [5.41, 5.74) is 2.75. The lowest BCUT2D eigenvalue weighted by Crippen LogP contribution is -2.33. The predicted molar refractivity (Wildman–Crippen MR) is 72.7 cm³/mol. The molecule has 1 fully saturated rings. The minimum atomic E-state index is -4.31. The van der Waals surface area contributed by atoms with E-state index in [2.05, 4.69) is 5.43 Å². The molecule has 1 aromatic carbocycles. The van der Waals surface area contributed by atoms with E-state index in [1.165, 1.54) is 25.0 Å². The van der Waals surface area contributed by atoms with E-state index in [4.69, 9.17) is 5.84 Å². The molecular weight excluding hydrogens is 265 g/mol. The average molecular weight is 286 g/mol. The third kappa shape index (κ3) is 3.73. The van der Waals surface area contributed by atoms with Crippen LogP contribution in [-0.4, -0.2) is 0 Å². The van der Waals surface area contributed by atoms with Crippen LogP contribution in [-0.2, 0) is 6.18 Å². The Balaban J connectivity index is 2.22. The van der Waals surface area contributed by atoms with Gasteiger partial charge in [0.2, 0.25) is 0 Å². The van der Waals surface area contributed by atoms with Crippen LogP contribution in [0.15, 0.2) is 24.3 Å². The van der Waals surface area contributed by atoms with Gasteiger partial charge in [0.25, 0.3) is 0 Å². The Kier molecular flexibility index (Phi) is 5.05. The summed E-state index contributed by atoms with van der Waals surface area (Å²) in [4.78, 5) is 0. The van der Waals surface area contributed by atoms with E-state index in [1.54, 1.807) is 6.07 Å². The molecule has 0 bridgehead atoms. The van der Waals surface area contributed by atoms with Crippen LogP contribution in [0.4, 0.5) is 13.2 Å². The Morgan fingerprint density at radius 3 is 2.30 bits per heavy atom. The zero-order valence-electron chi connectivity index (χ0n) is 11.4. The molecular formula is C15H21F3N2. The van der Waals surface area contributed by atoms with Crippen molar-refractivity contribution in [2.75, 3.05) is 0 Å². The van der Waals surface area contributed by atoms with Crippen LogP contribution >= 0.6 is 0 Å². The van der Waals surface area contributed by atoms with Gasteiger partial charge < -0.3 is 0 Å². The first-order chi connectivity index (χ1) is 9.52. The molecule has 0 saturated heterocycles. The first kappa shape index (κ1) is 15.3. The van der Waals surface area contributed by atoms with Crippen molar-refractivity contribution in [1.82, 2.24) is 5.43 Å². The van der Waals surface area contributed by atoms with Crippen LogP contribution < -0.4 is 11.3 Å². The van der Waals surface area contributed by atoms with E-state index in [-0.39, 0.29) is 6.04 Å². The van der Waals surface area contributed by atoms with Gasteiger partial charge in [-0.2, -0.15) is 13.2 Å². The summed E-state index contributed by atoms with van der Waals surface area (Å²) >= 11 is 0. The molecule has 0 heterocycles.